The smallest absolute Gasteiger partial charge is 0.00698 e. The summed E-state index contributed by atoms with van der Waals surface area (Å²) in [4.78, 5) is 2.72. The molecule has 1 saturated heterocycles. The van der Waals surface area contributed by atoms with Gasteiger partial charge in [-0.3, -0.25) is 0 Å². The Bertz CT molecular complexity index is 298. The molecule has 112 valence electrons. The molecule has 4 unspecified atom stereocenters. The van der Waals surface area contributed by atoms with Crippen LogP contribution in [0.4, 0.5) is 0 Å². The zero-order chi connectivity index (χ0) is 14.2. The molecule has 0 radical (unpaired) electrons. The predicted molar refractivity (Wildman–Crippen MR) is 83.0 cm³/mol. The molecule has 0 aromatic heterocycles. The Balaban J connectivity index is 1.93. The van der Waals surface area contributed by atoms with Crippen molar-refractivity contribution >= 4 is 0 Å². The normalized spacial score (nSPS) is 39.9. The molecule has 2 N–H and O–H groups in total. The van der Waals surface area contributed by atoms with Crippen molar-refractivity contribution in [1.82, 2.24) is 4.90 Å². The molecule has 1 saturated carbocycles. The van der Waals surface area contributed by atoms with Crippen LogP contribution in [0.2, 0.25) is 0 Å². The summed E-state index contributed by atoms with van der Waals surface area (Å²) in [5.41, 5.74) is 6.67. The fraction of sp³-hybridized carbons (Fsp3) is 1.00. The van der Waals surface area contributed by atoms with Gasteiger partial charge < -0.3 is 10.6 Å². The average Bonchev–Trinajstić information content (AvgIpc) is 2.79. The van der Waals surface area contributed by atoms with Crippen molar-refractivity contribution in [1.29, 1.82) is 0 Å². The van der Waals surface area contributed by atoms with Crippen molar-refractivity contribution in [2.24, 2.45) is 34.8 Å². The Hall–Kier alpha value is -0.0800. The van der Waals surface area contributed by atoms with Gasteiger partial charge in [0.05, 0.1) is 0 Å². The van der Waals surface area contributed by atoms with E-state index in [1.807, 2.05) is 0 Å². The summed E-state index contributed by atoms with van der Waals surface area (Å²) in [6, 6.07) is 0.410. The van der Waals surface area contributed by atoms with Crippen LogP contribution in [-0.2, 0) is 0 Å². The van der Waals surface area contributed by atoms with Gasteiger partial charge in [-0.05, 0) is 54.9 Å². The zero-order valence-electron chi connectivity index (χ0n) is 13.7. The first kappa shape index (κ1) is 15.3. The highest BCUT2D eigenvalue weighted by molar-refractivity contribution is 4.95. The van der Waals surface area contributed by atoms with Crippen LogP contribution >= 0.6 is 0 Å². The van der Waals surface area contributed by atoms with E-state index in [0.717, 1.165) is 17.8 Å². The van der Waals surface area contributed by atoms with Gasteiger partial charge in [-0.2, -0.15) is 0 Å². The van der Waals surface area contributed by atoms with Crippen molar-refractivity contribution < 1.29 is 0 Å². The number of nitrogens with zero attached hydrogens (tertiary/aromatic N) is 1. The van der Waals surface area contributed by atoms with E-state index in [4.69, 9.17) is 5.73 Å². The molecule has 19 heavy (non-hydrogen) atoms. The van der Waals surface area contributed by atoms with E-state index in [1.54, 1.807) is 0 Å². The first-order valence-electron chi connectivity index (χ1n) is 8.30. The predicted octanol–water partition coefficient (Wildman–Crippen LogP) is 3.36. The molecule has 0 amide bonds. The third-order valence-corrected chi connectivity index (χ3v) is 6.45. The third kappa shape index (κ3) is 3.16. The summed E-state index contributed by atoms with van der Waals surface area (Å²) in [6.45, 7) is 15.9. The van der Waals surface area contributed by atoms with E-state index in [1.165, 1.54) is 38.9 Å². The van der Waals surface area contributed by atoms with Gasteiger partial charge in [-0.1, -0.05) is 34.6 Å². The van der Waals surface area contributed by atoms with Crippen LogP contribution in [0.1, 0.15) is 53.9 Å². The van der Waals surface area contributed by atoms with E-state index in [-0.39, 0.29) is 0 Å². The van der Waals surface area contributed by atoms with Crippen molar-refractivity contribution in [3.05, 3.63) is 0 Å². The summed E-state index contributed by atoms with van der Waals surface area (Å²) in [7, 11) is 0. The van der Waals surface area contributed by atoms with Crippen LogP contribution in [0.5, 0.6) is 0 Å². The Morgan fingerprint density at radius 3 is 2.47 bits per heavy atom. The second kappa shape index (κ2) is 5.73. The van der Waals surface area contributed by atoms with E-state index in [2.05, 4.69) is 39.5 Å². The number of nitrogens with two attached hydrogens (primary N) is 1. The molecule has 2 nitrogen and oxygen atoms in total. The minimum atomic E-state index is 0.396. The summed E-state index contributed by atoms with van der Waals surface area (Å²) >= 11 is 0. The highest BCUT2D eigenvalue weighted by atomic mass is 15.1. The second-order valence-corrected chi connectivity index (χ2v) is 8.10. The molecule has 1 aliphatic heterocycles. The highest BCUT2D eigenvalue weighted by Gasteiger charge is 2.42. The quantitative estimate of drug-likeness (QED) is 0.848. The molecule has 2 fully saturated rings. The molecule has 0 aromatic carbocycles. The average molecular weight is 266 g/mol. The molecular weight excluding hydrogens is 232 g/mol. The van der Waals surface area contributed by atoms with Gasteiger partial charge in [0.15, 0.2) is 0 Å². The van der Waals surface area contributed by atoms with Gasteiger partial charge in [0.25, 0.3) is 0 Å². The number of hydrogen-bond acceptors (Lipinski definition) is 2. The van der Waals surface area contributed by atoms with Gasteiger partial charge in [-0.15, -0.1) is 0 Å². The van der Waals surface area contributed by atoms with Gasteiger partial charge in [0.2, 0.25) is 0 Å². The summed E-state index contributed by atoms with van der Waals surface area (Å²) in [5.74, 6) is 3.24. The topological polar surface area (TPSA) is 29.3 Å². The lowest BCUT2D eigenvalue weighted by Crippen LogP contribution is -2.49. The Morgan fingerprint density at radius 1 is 1.21 bits per heavy atom. The molecule has 2 aliphatic rings. The van der Waals surface area contributed by atoms with E-state index >= 15 is 0 Å². The maximum atomic E-state index is 6.27. The molecule has 0 spiro atoms. The van der Waals surface area contributed by atoms with Crippen molar-refractivity contribution in [3.63, 3.8) is 0 Å². The standard InChI is InChI=1S/C17H34N2/c1-12(2)14-8-9-19(10-14)11-15-6-7-16(18)13(3)17(15,4)5/h12-16H,6-11,18H2,1-5H3. The number of rotatable bonds is 3. The molecule has 1 aliphatic carbocycles. The van der Waals surface area contributed by atoms with Gasteiger partial charge in [0, 0.05) is 19.1 Å². The van der Waals surface area contributed by atoms with Crippen LogP contribution in [0.15, 0.2) is 0 Å². The molecule has 4 atom stereocenters. The van der Waals surface area contributed by atoms with Gasteiger partial charge in [0.1, 0.15) is 0 Å². The molecule has 1 heterocycles. The molecule has 2 rings (SSSR count). The largest absolute Gasteiger partial charge is 0.327 e. The van der Waals surface area contributed by atoms with Crippen LogP contribution < -0.4 is 5.73 Å². The zero-order valence-corrected chi connectivity index (χ0v) is 13.7. The Morgan fingerprint density at radius 2 is 1.89 bits per heavy atom. The lowest BCUT2D eigenvalue weighted by molar-refractivity contribution is 0.0323. The Labute approximate surface area is 120 Å². The maximum Gasteiger partial charge on any atom is 0.00698 e. The minimum Gasteiger partial charge on any atom is -0.327 e. The number of likely N-dealkylation sites (tertiary alicyclic amines) is 1. The fourth-order valence-corrected chi connectivity index (χ4v) is 4.15. The molecule has 0 aromatic rings. The van der Waals surface area contributed by atoms with Gasteiger partial charge in [-0.25, -0.2) is 0 Å². The lowest BCUT2D eigenvalue weighted by atomic mass is 9.61. The molecule has 0 bridgehead atoms. The summed E-state index contributed by atoms with van der Waals surface area (Å²) in [6.07, 6.45) is 3.94. The van der Waals surface area contributed by atoms with Crippen LogP contribution in [0.25, 0.3) is 0 Å². The van der Waals surface area contributed by atoms with Crippen LogP contribution in [0.3, 0.4) is 0 Å². The third-order valence-electron chi connectivity index (χ3n) is 6.45. The van der Waals surface area contributed by atoms with E-state index in [0.29, 0.717) is 17.4 Å². The van der Waals surface area contributed by atoms with Crippen LogP contribution in [0, 0.1) is 29.1 Å². The minimum absolute atomic E-state index is 0.396. The SMILES string of the molecule is CC(C)C1CCN(CC2CCC(N)C(C)C2(C)C)C1. The molecular formula is C17H34N2. The highest BCUT2D eigenvalue weighted by Crippen LogP contribution is 2.45. The van der Waals surface area contributed by atoms with E-state index in [9.17, 15) is 0 Å². The van der Waals surface area contributed by atoms with Crippen molar-refractivity contribution in [3.8, 4) is 0 Å². The van der Waals surface area contributed by atoms with Crippen molar-refractivity contribution in [2.45, 2.75) is 59.9 Å². The Kier molecular flexibility index (Phi) is 4.62. The summed E-state index contributed by atoms with van der Waals surface area (Å²) in [5, 5.41) is 0. The van der Waals surface area contributed by atoms with E-state index < -0.39 is 0 Å². The van der Waals surface area contributed by atoms with Crippen molar-refractivity contribution in [2.75, 3.05) is 19.6 Å². The monoisotopic (exact) mass is 266 g/mol. The first-order chi connectivity index (χ1) is 8.82. The molecule has 2 heteroatoms. The first-order valence-corrected chi connectivity index (χ1v) is 8.30. The second-order valence-electron chi connectivity index (χ2n) is 8.10. The lowest BCUT2D eigenvalue weighted by Gasteiger charge is -2.48. The fourth-order valence-electron chi connectivity index (χ4n) is 4.15. The van der Waals surface area contributed by atoms with Crippen LogP contribution in [-0.4, -0.2) is 30.6 Å². The maximum absolute atomic E-state index is 6.27. The summed E-state index contributed by atoms with van der Waals surface area (Å²) < 4.78 is 0. The number of hydrogen-bond donors (Lipinski definition) is 1. The van der Waals surface area contributed by atoms with Gasteiger partial charge >= 0.3 is 0 Å².